The molecule has 24 heavy (non-hydrogen) atoms. The smallest absolute Gasteiger partial charge is 0.261 e. The van der Waals surface area contributed by atoms with Gasteiger partial charge in [-0.1, -0.05) is 53.5 Å². The van der Waals surface area contributed by atoms with Gasteiger partial charge in [0.15, 0.2) is 0 Å². The van der Waals surface area contributed by atoms with Gasteiger partial charge in [0.2, 0.25) is 0 Å². The summed E-state index contributed by atoms with van der Waals surface area (Å²) >= 11 is 12.8. The molecule has 4 rings (SSSR count). The molecule has 0 spiro atoms. The normalized spacial score (nSPS) is 15.1. The van der Waals surface area contributed by atoms with Crippen molar-refractivity contribution in [3.63, 3.8) is 0 Å². The molecule has 118 valence electrons. The van der Waals surface area contributed by atoms with Gasteiger partial charge in [0, 0.05) is 35.9 Å². The van der Waals surface area contributed by atoms with Crippen LogP contribution in [0.2, 0.25) is 10.0 Å². The fourth-order valence-corrected chi connectivity index (χ4v) is 3.31. The van der Waals surface area contributed by atoms with E-state index in [0.717, 1.165) is 11.1 Å². The molecule has 2 aromatic carbocycles. The van der Waals surface area contributed by atoms with Crippen LogP contribution in [0.15, 0.2) is 70.9 Å². The molecule has 3 aromatic rings. The van der Waals surface area contributed by atoms with Crippen molar-refractivity contribution in [2.75, 3.05) is 0 Å². The third-order valence-electron chi connectivity index (χ3n) is 3.90. The van der Waals surface area contributed by atoms with Crippen molar-refractivity contribution in [1.82, 2.24) is 9.55 Å². The van der Waals surface area contributed by atoms with Crippen LogP contribution in [0.1, 0.15) is 5.56 Å². The number of hydrogen-bond acceptors (Lipinski definition) is 3. The van der Waals surface area contributed by atoms with Crippen LogP contribution >= 0.6 is 23.2 Å². The minimum absolute atomic E-state index is 0.590. The van der Waals surface area contributed by atoms with Crippen molar-refractivity contribution >= 4 is 35.6 Å². The van der Waals surface area contributed by atoms with E-state index in [1.807, 2.05) is 59.3 Å². The van der Waals surface area contributed by atoms with Crippen molar-refractivity contribution < 1.29 is 0 Å². The quantitative estimate of drug-likeness (QED) is 0.673. The van der Waals surface area contributed by atoms with Crippen LogP contribution in [-0.4, -0.2) is 22.0 Å². The zero-order valence-corrected chi connectivity index (χ0v) is 14.0. The minimum Gasteiger partial charge on any atom is -0.283 e. The van der Waals surface area contributed by atoms with E-state index in [1.54, 1.807) is 18.6 Å². The SMILES string of the molecule is Clc1ccccc1-c1nccn1C1(c2ccccc2Cl)N=CC=N1. The van der Waals surface area contributed by atoms with E-state index in [9.17, 15) is 0 Å². The predicted molar refractivity (Wildman–Crippen MR) is 98.2 cm³/mol. The Kier molecular flexibility index (Phi) is 3.71. The summed E-state index contributed by atoms with van der Waals surface area (Å²) in [5.74, 6) is -0.333. The van der Waals surface area contributed by atoms with Gasteiger partial charge in [0.25, 0.3) is 5.79 Å². The van der Waals surface area contributed by atoms with Crippen molar-refractivity contribution in [1.29, 1.82) is 0 Å². The highest BCUT2D eigenvalue weighted by Crippen LogP contribution is 2.39. The third-order valence-corrected chi connectivity index (χ3v) is 4.56. The largest absolute Gasteiger partial charge is 0.283 e. The predicted octanol–water partition coefficient (Wildman–Crippen LogP) is 4.67. The van der Waals surface area contributed by atoms with Crippen molar-refractivity contribution in [2.24, 2.45) is 9.98 Å². The molecule has 4 nitrogen and oxygen atoms in total. The highest BCUT2D eigenvalue weighted by Gasteiger charge is 2.38. The van der Waals surface area contributed by atoms with Crippen LogP contribution in [0.25, 0.3) is 11.4 Å². The number of halogens is 2. The maximum atomic E-state index is 6.43. The van der Waals surface area contributed by atoms with Crippen LogP contribution in [0.5, 0.6) is 0 Å². The van der Waals surface area contributed by atoms with E-state index >= 15 is 0 Å². The second-order valence-corrected chi connectivity index (χ2v) is 6.09. The highest BCUT2D eigenvalue weighted by molar-refractivity contribution is 6.33. The number of imidazole rings is 1. The summed E-state index contributed by atoms with van der Waals surface area (Å²) in [6.07, 6.45) is 6.88. The van der Waals surface area contributed by atoms with Gasteiger partial charge in [-0.3, -0.25) is 4.57 Å². The van der Waals surface area contributed by atoms with Crippen molar-refractivity contribution in [2.45, 2.75) is 5.79 Å². The summed E-state index contributed by atoms with van der Waals surface area (Å²) in [5.41, 5.74) is 1.59. The Morgan fingerprint density at radius 1 is 0.833 bits per heavy atom. The molecular formula is C18H12Cl2N4. The molecule has 0 radical (unpaired) electrons. The molecule has 0 atom stereocenters. The van der Waals surface area contributed by atoms with Crippen LogP contribution in [0, 0.1) is 0 Å². The van der Waals surface area contributed by atoms with E-state index in [0.29, 0.717) is 15.9 Å². The van der Waals surface area contributed by atoms with E-state index in [4.69, 9.17) is 23.2 Å². The van der Waals surface area contributed by atoms with Crippen LogP contribution < -0.4 is 0 Å². The zero-order chi connectivity index (χ0) is 16.6. The van der Waals surface area contributed by atoms with E-state index in [-0.39, 0.29) is 0 Å². The first-order chi connectivity index (χ1) is 11.7. The number of hydrogen-bond donors (Lipinski definition) is 0. The lowest BCUT2D eigenvalue weighted by Gasteiger charge is -2.28. The molecule has 0 saturated carbocycles. The molecule has 0 saturated heterocycles. The fraction of sp³-hybridized carbons (Fsp3) is 0.0556. The third kappa shape index (κ3) is 2.27. The van der Waals surface area contributed by atoms with E-state index in [2.05, 4.69) is 15.0 Å². The van der Waals surface area contributed by atoms with Crippen molar-refractivity contribution in [3.8, 4) is 11.4 Å². The van der Waals surface area contributed by atoms with Gasteiger partial charge in [-0.2, -0.15) is 0 Å². The lowest BCUT2D eigenvalue weighted by atomic mass is 10.1. The molecule has 0 amide bonds. The lowest BCUT2D eigenvalue weighted by molar-refractivity contribution is 0.406. The van der Waals surface area contributed by atoms with Gasteiger partial charge >= 0.3 is 0 Å². The highest BCUT2D eigenvalue weighted by atomic mass is 35.5. The lowest BCUT2D eigenvalue weighted by Crippen LogP contribution is -2.30. The number of aliphatic imine (C=N–C) groups is 2. The molecule has 6 heteroatoms. The Morgan fingerprint density at radius 3 is 2.21 bits per heavy atom. The van der Waals surface area contributed by atoms with Gasteiger partial charge in [0.05, 0.1) is 10.0 Å². The Balaban J connectivity index is 1.97. The minimum atomic E-state index is -1.01. The van der Waals surface area contributed by atoms with Gasteiger partial charge in [0.1, 0.15) is 5.82 Å². The molecule has 0 N–H and O–H groups in total. The molecule has 2 heterocycles. The van der Waals surface area contributed by atoms with E-state index in [1.165, 1.54) is 0 Å². The average Bonchev–Trinajstić information content (AvgIpc) is 3.25. The number of rotatable bonds is 3. The first-order valence-corrected chi connectivity index (χ1v) is 8.11. The van der Waals surface area contributed by atoms with Crippen LogP contribution in [0.3, 0.4) is 0 Å². The maximum absolute atomic E-state index is 6.43. The monoisotopic (exact) mass is 354 g/mol. The number of benzene rings is 2. The molecule has 0 unspecified atom stereocenters. The number of nitrogens with zero attached hydrogens (tertiary/aromatic N) is 4. The molecule has 1 aliphatic heterocycles. The Hall–Kier alpha value is -2.43. The molecule has 1 aliphatic rings. The van der Waals surface area contributed by atoms with Crippen molar-refractivity contribution in [3.05, 3.63) is 76.5 Å². The second kappa shape index (κ2) is 5.89. The topological polar surface area (TPSA) is 42.5 Å². The summed E-state index contributed by atoms with van der Waals surface area (Å²) in [6, 6.07) is 15.1. The first-order valence-electron chi connectivity index (χ1n) is 7.35. The van der Waals surface area contributed by atoms with E-state index < -0.39 is 5.79 Å². The molecule has 1 aromatic heterocycles. The first kappa shape index (κ1) is 15.1. The Labute approximate surface area is 149 Å². The molecule has 0 aliphatic carbocycles. The maximum Gasteiger partial charge on any atom is 0.261 e. The molecular weight excluding hydrogens is 343 g/mol. The Morgan fingerprint density at radius 2 is 1.50 bits per heavy atom. The fourth-order valence-electron chi connectivity index (χ4n) is 2.83. The summed E-state index contributed by atoms with van der Waals surface area (Å²) in [6.45, 7) is 0. The average molecular weight is 355 g/mol. The summed E-state index contributed by atoms with van der Waals surface area (Å²) in [7, 11) is 0. The molecule has 0 fully saturated rings. The van der Waals surface area contributed by atoms with Gasteiger partial charge < -0.3 is 0 Å². The standard InChI is InChI=1S/C18H12Cl2N4/c19-15-7-3-1-5-13(15)17-21-11-12-24(17)18(22-9-10-23-18)14-6-2-4-8-16(14)20/h1-12H. The van der Waals surface area contributed by atoms with Gasteiger partial charge in [-0.15, -0.1) is 0 Å². The number of aromatic nitrogens is 2. The van der Waals surface area contributed by atoms with Crippen LogP contribution in [-0.2, 0) is 5.79 Å². The Bertz CT molecular complexity index is 947. The zero-order valence-electron chi connectivity index (χ0n) is 12.5. The van der Waals surface area contributed by atoms with Gasteiger partial charge in [-0.25, -0.2) is 15.0 Å². The second-order valence-electron chi connectivity index (χ2n) is 5.27. The van der Waals surface area contributed by atoms with Gasteiger partial charge in [-0.05, 0) is 18.2 Å². The summed E-state index contributed by atoms with van der Waals surface area (Å²) in [4.78, 5) is 13.7. The summed E-state index contributed by atoms with van der Waals surface area (Å²) < 4.78 is 1.88. The summed E-state index contributed by atoms with van der Waals surface area (Å²) in [5, 5.41) is 1.21. The molecule has 0 bridgehead atoms. The van der Waals surface area contributed by atoms with Crippen LogP contribution in [0.4, 0.5) is 0 Å².